The van der Waals surface area contributed by atoms with Crippen LogP contribution in [0, 0.1) is 6.92 Å². The standard InChI is InChI=1S/C13H17N3S/c1-3-17-11-6-4-10(5-7-11)13-9(2)12(8-14)15-16-13/h4-7H,3,8,14H2,1-2H3,(H,15,16). The summed E-state index contributed by atoms with van der Waals surface area (Å²) < 4.78 is 0. The van der Waals surface area contributed by atoms with Gasteiger partial charge < -0.3 is 5.73 Å². The largest absolute Gasteiger partial charge is 0.325 e. The number of benzene rings is 1. The number of H-pyrrole nitrogens is 1. The SMILES string of the molecule is CCSc1ccc(-c2n[nH]c(CN)c2C)cc1. The molecule has 0 radical (unpaired) electrons. The lowest BCUT2D eigenvalue weighted by Gasteiger charge is -2.02. The number of rotatable bonds is 4. The van der Waals surface area contributed by atoms with Crippen molar-refractivity contribution in [2.75, 3.05) is 5.75 Å². The van der Waals surface area contributed by atoms with Gasteiger partial charge in [0.15, 0.2) is 0 Å². The van der Waals surface area contributed by atoms with E-state index in [-0.39, 0.29) is 0 Å². The first-order valence-electron chi connectivity index (χ1n) is 5.73. The molecule has 1 heterocycles. The smallest absolute Gasteiger partial charge is 0.0953 e. The third kappa shape index (κ3) is 2.53. The van der Waals surface area contributed by atoms with E-state index in [1.807, 2.05) is 11.8 Å². The predicted molar refractivity (Wildman–Crippen MR) is 73.1 cm³/mol. The van der Waals surface area contributed by atoms with E-state index < -0.39 is 0 Å². The minimum absolute atomic E-state index is 0.503. The van der Waals surface area contributed by atoms with Crippen LogP contribution in [0.25, 0.3) is 11.3 Å². The minimum Gasteiger partial charge on any atom is -0.325 e. The molecule has 4 heteroatoms. The highest BCUT2D eigenvalue weighted by atomic mass is 32.2. The summed E-state index contributed by atoms with van der Waals surface area (Å²) in [6.07, 6.45) is 0. The summed E-state index contributed by atoms with van der Waals surface area (Å²) in [6.45, 7) is 4.71. The molecule has 0 saturated heterocycles. The maximum atomic E-state index is 5.63. The molecule has 0 bridgehead atoms. The molecule has 2 aromatic rings. The molecule has 17 heavy (non-hydrogen) atoms. The Morgan fingerprint density at radius 2 is 2.00 bits per heavy atom. The number of hydrogen-bond donors (Lipinski definition) is 2. The van der Waals surface area contributed by atoms with E-state index >= 15 is 0 Å². The maximum Gasteiger partial charge on any atom is 0.0953 e. The van der Waals surface area contributed by atoms with Gasteiger partial charge in [-0.3, -0.25) is 5.10 Å². The van der Waals surface area contributed by atoms with E-state index in [0.29, 0.717) is 6.54 Å². The zero-order valence-corrected chi connectivity index (χ0v) is 11.0. The van der Waals surface area contributed by atoms with Crippen LogP contribution < -0.4 is 5.73 Å². The van der Waals surface area contributed by atoms with Crippen LogP contribution in [0.4, 0.5) is 0 Å². The summed E-state index contributed by atoms with van der Waals surface area (Å²) >= 11 is 1.84. The lowest BCUT2D eigenvalue weighted by molar-refractivity contribution is 0.941. The Balaban J connectivity index is 2.30. The summed E-state index contributed by atoms with van der Waals surface area (Å²) in [5, 5.41) is 7.30. The average molecular weight is 247 g/mol. The topological polar surface area (TPSA) is 54.7 Å². The Labute approximate surface area is 106 Å². The van der Waals surface area contributed by atoms with Crippen molar-refractivity contribution >= 4 is 11.8 Å². The van der Waals surface area contributed by atoms with Crippen LogP contribution in [-0.4, -0.2) is 16.0 Å². The molecule has 2 rings (SSSR count). The summed E-state index contributed by atoms with van der Waals surface area (Å²) in [7, 11) is 0. The molecule has 0 fully saturated rings. The first-order valence-corrected chi connectivity index (χ1v) is 6.72. The number of hydrogen-bond acceptors (Lipinski definition) is 3. The second kappa shape index (κ2) is 5.38. The molecule has 3 nitrogen and oxygen atoms in total. The van der Waals surface area contributed by atoms with Crippen LogP contribution in [-0.2, 0) is 6.54 Å². The van der Waals surface area contributed by atoms with Crippen LogP contribution >= 0.6 is 11.8 Å². The van der Waals surface area contributed by atoms with E-state index in [1.54, 1.807) is 0 Å². The van der Waals surface area contributed by atoms with Crippen molar-refractivity contribution in [2.45, 2.75) is 25.3 Å². The van der Waals surface area contributed by atoms with Gasteiger partial charge in [0.25, 0.3) is 0 Å². The van der Waals surface area contributed by atoms with Crippen molar-refractivity contribution in [3.63, 3.8) is 0 Å². The van der Waals surface area contributed by atoms with Crippen LogP contribution in [0.3, 0.4) is 0 Å². The second-order valence-corrected chi connectivity index (χ2v) is 5.17. The van der Waals surface area contributed by atoms with Crippen molar-refractivity contribution in [1.29, 1.82) is 0 Å². The third-order valence-electron chi connectivity index (χ3n) is 2.75. The molecule has 0 spiro atoms. The molecule has 0 atom stereocenters. The van der Waals surface area contributed by atoms with E-state index in [0.717, 1.165) is 28.3 Å². The Morgan fingerprint density at radius 1 is 1.29 bits per heavy atom. The Hall–Kier alpha value is -1.26. The molecule has 0 amide bonds. The van der Waals surface area contributed by atoms with Gasteiger partial charge in [0.05, 0.1) is 11.4 Å². The van der Waals surface area contributed by atoms with E-state index in [4.69, 9.17) is 5.73 Å². The number of nitrogens with two attached hydrogens (primary N) is 1. The Morgan fingerprint density at radius 3 is 2.53 bits per heavy atom. The molecule has 90 valence electrons. The van der Waals surface area contributed by atoms with Gasteiger partial charge in [-0.05, 0) is 30.4 Å². The molecule has 1 aromatic heterocycles. The quantitative estimate of drug-likeness (QED) is 0.817. The fraction of sp³-hybridized carbons (Fsp3) is 0.308. The first-order chi connectivity index (χ1) is 8.26. The normalized spacial score (nSPS) is 10.8. The summed E-state index contributed by atoms with van der Waals surface area (Å²) in [5.41, 5.74) is 9.92. The first kappa shape index (κ1) is 12.2. The summed E-state index contributed by atoms with van der Waals surface area (Å²) in [6, 6.07) is 8.50. The van der Waals surface area contributed by atoms with Gasteiger partial charge in [-0.2, -0.15) is 5.10 Å². The Kier molecular flexibility index (Phi) is 3.86. The van der Waals surface area contributed by atoms with Crippen molar-refractivity contribution in [3.05, 3.63) is 35.5 Å². The number of thioether (sulfide) groups is 1. The lowest BCUT2D eigenvalue weighted by Crippen LogP contribution is -1.98. The zero-order chi connectivity index (χ0) is 12.3. The number of aromatic nitrogens is 2. The third-order valence-corrected chi connectivity index (χ3v) is 3.65. The molecule has 1 aromatic carbocycles. The van der Waals surface area contributed by atoms with Crippen molar-refractivity contribution in [3.8, 4) is 11.3 Å². The monoisotopic (exact) mass is 247 g/mol. The van der Waals surface area contributed by atoms with Gasteiger partial charge in [-0.1, -0.05) is 19.1 Å². The molecule has 0 aliphatic rings. The van der Waals surface area contributed by atoms with Gasteiger partial charge in [0, 0.05) is 17.0 Å². The fourth-order valence-electron chi connectivity index (χ4n) is 1.79. The van der Waals surface area contributed by atoms with Crippen LogP contribution in [0.2, 0.25) is 0 Å². The van der Waals surface area contributed by atoms with Gasteiger partial charge in [-0.25, -0.2) is 0 Å². The molecule has 0 unspecified atom stereocenters. The lowest BCUT2D eigenvalue weighted by atomic mass is 10.1. The highest BCUT2D eigenvalue weighted by Crippen LogP contribution is 2.26. The predicted octanol–water partition coefficient (Wildman–Crippen LogP) is 2.96. The average Bonchev–Trinajstić information content (AvgIpc) is 2.72. The molecule has 0 aliphatic carbocycles. The zero-order valence-electron chi connectivity index (χ0n) is 10.2. The number of nitrogens with zero attached hydrogens (tertiary/aromatic N) is 1. The van der Waals surface area contributed by atoms with Gasteiger partial charge in [0.2, 0.25) is 0 Å². The molecule has 0 aliphatic heterocycles. The van der Waals surface area contributed by atoms with Crippen LogP contribution in [0.5, 0.6) is 0 Å². The van der Waals surface area contributed by atoms with Crippen LogP contribution in [0.15, 0.2) is 29.2 Å². The number of nitrogens with one attached hydrogen (secondary N) is 1. The van der Waals surface area contributed by atoms with E-state index in [9.17, 15) is 0 Å². The highest BCUT2D eigenvalue weighted by Gasteiger charge is 2.09. The van der Waals surface area contributed by atoms with Gasteiger partial charge >= 0.3 is 0 Å². The van der Waals surface area contributed by atoms with Gasteiger partial charge in [-0.15, -0.1) is 11.8 Å². The Bertz CT molecular complexity index is 488. The van der Waals surface area contributed by atoms with E-state index in [2.05, 4.69) is 48.3 Å². The molecule has 0 saturated carbocycles. The van der Waals surface area contributed by atoms with E-state index in [1.165, 1.54) is 4.90 Å². The maximum absolute atomic E-state index is 5.63. The van der Waals surface area contributed by atoms with Crippen molar-refractivity contribution in [2.24, 2.45) is 5.73 Å². The molecular formula is C13H17N3S. The molecular weight excluding hydrogens is 230 g/mol. The van der Waals surface area contributed by atoms with Crippen molar-refractivity contribution < 1.29 is 0 Å². The second-order valence-electron chi connectivity index (χ2n) is 3.84. The minimum atomic E-state index is 0.503. The highest BCUT2D eigenvalue weighted by molar-refractivity contribution is 7.99. The van der Waals surface area contributed by atoms with Crippen LogP contribution in [0.1, 0.15) is 18.2 Å². The fourth-order valence-corrected chi connectivity index (χ4v) is 2.45. The van der Waals surface area contributed by atoms with Crippen molar-refractivity contribution in [1.82, 2.24) is 10.2 Å². The molecule has 3 N–H and O–H groups in total. The summed E-state index contributed by atoms with van der Waals surface area (Å²) in [5.74, 6) is 1.10. The summed E-state index contributed by atoms with van der Waals surface area (Å²) in [4.78, 5) is 1.29. The van der Waals surface area contributed by atoms with Gasteiger partial charge in [0.1, 0.15) is 0 Å². The number of aromatic amines is 1.